The molecule has 0 atom stereocenters. The van der Waals surface area contributed by atoms with Crippen molar-refractivity contribution in [3.8, 4) is 11.3 Å². The van der Waals surface area contributed by atoms with Crippen molar-refractivity contribution in [1.29, 1.82) is 0 Å². The number of fused-ring (bicyclic) bond motifs is 1. The van der Waals surface area contributed by atoms with E-state index in [1.807, 2.05) is 24.4 Å². The lowest BCUT2D eigenvalue weighted by Gasteiger charge is -2.22. The molecule has 1 fully saturated rings. The van der Waals surface area contributed by atoms with Gasteiger partial charge in [0.1, 0.15) is 0 Å². The van der Waals surface area contributed by atoms with E-state index < -0.39 is 5.60 Å². The van der Waals surface area contributed by atoms with Crippen LogP contribution in [0.5, 0.6) is 0 Å². The summed E-state index contributed by atoms with van der Waals surface area (Å²) >= 11 is 6.24. The van der Waals surface area contributed by atoms with Crippen molar-refractivity contribution in [2.45, 2.75) is 31.3 Å². The maximum absolute atomic E-state index is 10.8. The van der Waals surface area contributed by atoms with Gasteiger partial charge in [0.25, 0.3) is 0 Å². The Balaban J connectivity index is 1.90. The van der Waals surface area contributed by atoms with Crippen LogP contribution in [0.2, 0.25) is 5.02 Å². The number of aromatic nitrogens is 3. The Labute approximate surface area is 138 Å². The number of hydrogen-bond donors (Lipinski definition) is 3. The molecular weight excluding hydrogens is 312 g/mol. The molecule has 0 unspecified atom stereocenters. The molecule has 5 nitrogen and oxygen atoms in total. The molecule has 1 saturated carbocycles. The van der Waals surface area contributed by atoms with E-state index in [2.05, 4.69) is 15.0 Å². The van der Waals surface area contributed by atoms with Crippen molar-refractivity contribution in [1.82, 2.24) is 15.0 Å². The number of rotatable bonds is 2. The Bertz CT molecular complexity index is 883. The molecule has 4 N–H and O–H groups in total. The molecule has 0 saturated heterocycles. The minimum absolute atomic E-state index is 0.185. The third-order valence-electron chi connectivity index (χ3n) is 4.67. The fraction of sp³-hybridized carbons (Fsp3) is 0.294. The Morgan fingerprint density at radius 1 is 1.26 bits per heavy atom. The zero-order chi connectivity index (χ0) is 16.0. The summed E-state index contributed by atoms with van der Waals surface area (Å²) in [5, 5.41) is 12.3. The van der Waals surface area contributed by atoms with Crippen molar-refractivity contribution in [2.75, 3.05) is 5.73 Å². The molecule has 1 aromatic carbocycles. The number of nitrogens with zero attached hydrogens (tertiary/aromatic N) is 2. The first-order valence-electron chi connectivity index (χ1n) is 7.69. The molecule has 0 aliphatic heterocycles. The van der Waals surface area contributed by atoms with E-state index in [1.54, 1.807) is 0 Å². The van der Waals surface area contributed by atoms with Gasteiger partial charge >= 0.3 is 0 Å². The minimum atomic E-state index is -0.725. The summed E-state index contributed by atoms with van der Waals surface area (Å²) in [6.07, 6.45) is 7.10. The Morgan fingerprint density at radius 3 is 2.83 bits per heavy atom. The molecule has 2 aromatic heterocycles. The maximum Gasteiger partial charge on any atom is 0.220 e. The number of nitrogens with two attached hydrogens (primary N) is 1. The lowest BCUT2D eigenvalue weighted by molar-refractivity contribution is 0.0446. The topological polar surface area (TPSA) is 87.8 Å². The molecule has 0 bridgehead atoms. The lowest BCUT2D eigenvalue weighted by Crippen LogP contribution is -2.20. The molecule has 118 valence electrons. The molecule has 2 heterocycles. The van der Waals surface area contributed by atoms with Crippen molar-refractivity contribution in [3.63, 3.8) is 0 Å². The standard InChI is InChI=1S/C17H17ClN4O/c18-13-9-21-16(19)22-15(13)12-8-20-14-4-3-10(7-11(12)14)17(23)5-1-2-6-17/h3-4,7-9,20,23H,1-2,5-6H2,(H2,19,21,22). The lowest BCUT2D eigenvalue weighted by atomic mass is 9.91. The number of aromatic amines is 1. The van der Waals surface area contributed by atoms with Crippen LogP contribution in [0.1, 0.15) is 31.2 Å². The second kappa shape index (κ2) is 5.22. The molecule has 3 aromatic rings. The number of hydrogen-bond acceptors (Lipinski definition) is 4. The van der Waals surface area contributed by atoms with Gasteiger partial charge in [0.15, 0.2) is 0 Å². The number of benzene rings is 1. The van der Waals surface area contributed by atoms with Crippen LogP contribution in [0.15, 0.2) is 30.6 Å². The first-order chi connectivity index (χ1) is 11.1. The van der Waals surface area contributed by atoms with Crippen LogP contribution in [0, 0.1) is 0 Å². The van der Waals surface area contributed by atoms with Gasteiger partial charge < -0.3 is 15.8 Å². The van der Waals surface area contributed by atoms with Gasteiger partial charge in [-0.25, -0.2) is 9.97 Å². The van der Waals surface area contributed by atoms with Crippen LogP contribution in [-0.2, 0) is 5.60 Å². The monoisotopic (exact) mass is 328 g/mol. The third-order valence-corrected chi connectivity index (χ3v) is 4.94. The van der Waals surface area contributed by atoms with E-state index in [-0.39, 0.29) is 5.95 Å². The maximum atomic E-state index is 10.8. The van der Waals surface area contributed by atoms with Gasteiger partial charge in [-0.3, -0.25) is 0 Å². The van der Waals surface area contributed by atoms with Crippen molar-refractivity contribution in [3.05, 3.63) is 41.2 Å². The van der Waals surface area contributed by atoms with Crippen LogP contribution in [0.25, 0.3) is 22.2 Å². The number of halogens is 1. The molecule has 23 heavy (non-hydrogen) atoms. The number of anilines is 1. The van der Waals surface area contributed by atoms with Gasteiger partial charge in [0.05, 0.1) is 22.5 Å². The van der Waals surface area contributed by atoms with E-state index in [1.165, 1.54) is 6.20 Å². The highest BCUT2D eigenvalue weighted by Gasteiger charge is 2.33. The molecule has 0 amide bonds. The molecule has 6 heteroatoms. The van der Waals surface area contributed by atoms with E-state index in [0.29, 0.717) is 10.7 Å². The van der Waals surface area contributed by atoms with Crippen LogP contribution in [0.4, 0.5) is 5.95 Å². The van der Waals surface area contributed by atoms with Crippen LogP contribution < -0.4 is 5.73 Å². The van der Waals surface area contributed by atoms with Gasteiger partial charge in [0.2, 0.25) is 5.95 Å². The molecular formula is C17H17ClN4O. The Hall–Kier alpha value is -2.11. The van der Waals surface area contributed by atoms with Crippen LogP contribution in [0.3, 0.4) is 0 Å². The number of aliphatic hydroxyl groups is 1. The summed E-state index contributed by atoms with van der Waals surface area (Å²) in [5.41, 5.74) is 8.35. The van der Waals surface area contributed by atoms with Gasteiger partial charge in [-0.15, -0.1) is 0 Å². The number of nitrogens with one attached hydrogen (secondary N) is 1. The third kappa shape index (κ3) is 2.36. The zero-order valence-corrected chi connectivity index (χ0v) is 13.3. The average Bonchev–Trinajstić information content (AvgIpc) is 3.16. The second-order valence-corrected chi connectivity index (χ2v) is 6.53. The molecule has 1 aliphatic carbocycles. The van der Waals surface area contributed by atoms with Crippen LogP contribution >= 0.6 is 11.6 Å². The fourth-order valence-electron chi connectivity index (χ4n) is 3.42. The predicted octanol–water partition coefficient (Wildman–Crippen LogP) is 3.62. The first kappa shape index (κ1) is 14.5. The predicted molar refractivity (Wildman–Crippen MR) is 91.1 cm³/mol. The average molecular weight is 329 g/mol. The minimum Gasteiger partial charge on any atom is -0.385 e. The summed E-state index contributed by atoms with van der Waals surface area (Å²) in [5.74, 6) is 0.185. The molecule has 0 spiro atoms. The number of nitrogen functional groups attached to an aromatic ring is 1. The summed E-state index contributed by atoms with van der Waals surface area (Å²) in [4.78, 5) is 11.4. The molecule has 0 radical (unpaired) electrons. The summed E-state index contributed by atoms with van der Waals surface area (Å²) < 4.78 is 0. The zero-order valence-electron chi connectivity index (χ0n) is 12.5. The Kier molecular flexibility index (Phi) is 3.28. The largest absolute Gasteiger partial charge is 0.385 e. The highest BCUT2D eigenvalue weighted by Crippen LogP contribution is 2.41. The summed E-state index contributed by atoms with van der Waals surface area (Å²) in [6, 6.07) is 6.01. The fourth-order valence-corrected chi connectivity index (χ4v) is 3.62. The van der Waals surface area contributed by atoms with Gasteiger partial charge in [-0.2, -0.15) is 0 Å². The highest BCUT2D eigenvalue weighted by atomic mass is 35.5. The summed E-state index contributed by atoms with van der Waals surface area (Å²) in [6.45, 7) is 0. The second-order valence-electron chi connectivity index (χ2n) is 6.13. The summed E-state index contributed by atoms with van der Waals surface area (Å²) in [7, 11) is 0. The molecule has 4 rings (SSSR count). The first-order valence-corrected chi connectivity index (χ1v) is 8.07. The van der Waals surface area contributed by atoms with Crippen molar-refractivity contribution >= 4 is 28.5 Å². The van der Waals surface area contributed by atoms with Crippen LogP contribution in [-0.4, -0.2) is 20.1 Å². The van der Waals surface area contributed by atoms with Gasteiger partial charge in [0, 0.05) is 22.7 Å². The molecule has 1 aliphatic rings. The van der Waals surface area contributed by atoms with Gasteiger partial charge in [-0.1, -0.05) is 30.5 Å². The normalized spacial score (nSPS) is 17.0. The van der Waals surface area contributed by atoms with E-state index in [0.717, 1.165) is 47.7 Å². The van der Waals surface area contributed by atoms with Crippen molar-refractivity contribution in [2.24, 2.45) is 0 Å². The van der Waals surface area contributed by atoms with Crippen molar-refractivity contribution < 1.29 is 5.11 Å². The van der Waals surface area contributed by atoms with E-state index in [4.69, 9.17) is 17.3 Å². The quantitative estimate of drug-likeness (QED) is 0.670. The highest BCUT2D eigenvalue weighted by molar-refractivity contribution is 6.33. The number of H-pyrrole nitrogens is 1. The smallest absolute Gasteiger partial charge is 0.220 e. The van der Waals surface area contributed by atoms with E-state index >= 15 is 0 Å². The van der Waals surface area contributed by atoms with E-state index in [9.17, 15) is 5.11 Å². The Morgan fingerprint density at radius 2 is 2.04 bits per heavy atom. The SMILES string of the molecule is Nc1ncc(Cl)c(-c2c[nH]c3ccc(C4(O)CCCC4)cc23)n1. The van der Waals surface area contributed by atoms with Gasteiger partial charge in [-0.05, 0) is 30.5 Å².